The Hall–Kier alpha value is -3.22. The summed E-state index contributed by atoms with van der Waals surface area (Å²) in [7, 11) is 1.56. The second-order valence-electron chi connectivity index (χ2n) is 6.27. The van der Waals surface area contributed by atoms with Gasteiger partial charge in [0.15, 0.2) is 0 Å². The van der Waals surface area contributed by atoms with E-state index in [-0.39, 0.29) is 18.4 Å². The zero-order chi connectivity index (χ0) is 18.8. The number of hydrogen-bond donors (Lipinski definition) is 2. The molecule has 0 aliphatic heterocycles. The van der Waals surface area contributed by atoms with Crippen LogP contribution < -0.4 is 10.6 Å². The van der Waals surface area contributed by atoms with Crippen molar-refractivity contribution in [2.75, 3.05) is 12.4 Å². The first-order valence-corrected chi connectivity index (χ1v) is 8.31. The summed E-state index contributed by atoms with van der Waals surface area (Å²) in [5.74, 6) is -0.393. The van der Waals surface area contributed by atoms with Crippen LogP contribution in [-0.4, -0.2) is 33.6 Å². The molecule has 2 heterocycles. The van der Waals surface area contributed by atoms with Crippen LogP contribution in [0.4, 0.5) is 5.69 Å². The second-order valence-corrected chi connectivity index (χ2v) is 6.27. The number of likely N-dealkylation sites (N-methyl/N-ethyl adjacent to an activating group) is 1. The molecule has 0 saturated heterocycles. The molecule has 0 aliphatic carbocycles. The molecule has 0 unspecified atom stereocenters. The zero-order valence-corrected chi connectivity index (χ0v) is 15.3. The van der Waals surface area contributed by atoms with E-state index < -0.39 is 0 Å². The summed E-state index contributed by atoms with van der Waals surface area (Å²) in [5.41, 5.74) is 4.92. The van der Waals surface area contributed by atoms with Crippen LogP contribution in [0.5, 0.6) is 0 Å². The number of aryl methyl sites for hydroxylation is 3. The number of fused-ring (bicyclic) bond motifs is 1. The maximum atomic E-state index is 12.8. The number of nitrogens with one attached hydrogen (secondary N) is 2. The van der Waals surface area contributed by atoms with Crippen molar-refractivity contribution in [3.63, 3.8) is 0 Å². The molecule has 0 radical (unpaired) electrons. The molecule has 0 bridgehead atoms. The van der Waals surface area contributed by atoms with Gasteiger partial charge in [-0.25, -0.2) is 0 Å². The average Bonchev–Trinajstić information content (AvgIpc) is 3.04. The lowest BCUT2D eigenvalue weighted by atomic mass is 10.0. The molecule has 0 fully saturated rings. The number of pyridine rings is 1. The lowest BCUT2D eigenvalue weighted by molar-refractivity contribution is -0.121. The highest BCUT2D eigenvalue weighted by atomic mass is 16.2. The molecule has 7 heteroatoms. The Balaban J connectivity index is 1.91. The number of nitrogens with zero attached hydrogens (tertiary/aromatic N) is 3. The molecule has 26 heavy (non-hydrogen) atoms. The first-order chi connectivity index (χ1) is 12.4. The molecule has 134 valence electrons. The van der Waals surface area contributed by atoms with E-state index in [1.807, 2.05) is 32.9 Å². The van der Waals surface area contributed by atoms with Crippen molar-refractivity contribution in [2.24, 2.45) is 0 Å². The lowest BCUT2D eigenvalue weighted by Gasteiger charge is -2.11. The first kappa shape index (κ1) is 17.6. The lowest BCUT2D eigenvalue weighted by Crippen LogP contribution is -2.23. The fourth-order valence-corrected chi connectivity index (χ4v) is 2.78. The van der Waals surface area contributed by atoms with Crippen LogP contribution in [0, 0.1) is 20.8 Å². The Kier molecular flexibility index (Phi) is 4.71. The van der Waals surface area contributed by atoms with E-state index in [1.54, 1.807) is 19.3 Å². The van der Waals surface area contributed by atoms with E-state index in [0.717, 1.165) is 27.7 Å². The third-order valence-corrected chi connectivity index (χ3v) is 4.35. The Bertz CT molecular complexity index is 1010. The molecule has 2 N–H and O–H groups in total. The minimum atomic E-state index is -0.233. The number of benzene rings is 1. The van der Waals surface area contributed by atoms with E-state index in [9.17, 15) is 9.59 Å². The minimum Gasteiger partial charge on any atom is -0.358 e. The number of carbonyl (C=O) groups excluding carboxylic acids is 2. The van der Waals surface area contributed by atoms with Crippen LogP contribution >= 0.6 is 0 Å². The van der Waals surface area contributed by atoms with E-state index in [2.05, 4.69) is 20.7 Å². The van der Waals surface area contributed by atoms with E-state index in [4.69, 9.17) is 0 Å². The largest absolute Gasteiger partial charge is 0.358 e. The van der Waals surface area contributed by atoms with Gasteiger partial charge in [-0.2, -0.15) is 5.10 Å². The maximum Gasteiger partial charge on any atom is 0.256 e. The van der Waals surface area contributed by atoms with Crippen molar-refractivity contribution in [1.29, 1.82) is 0 Å². The van der Waals surface area contributed by atoms with Crippen molar-refractivity contribution >= 4 is 28.4 Å². The summed E-state index contributed by atoms with van der Waals surface area (Å²) < 4.78 is 1.47. The van der Waals surface area contributed by atoms with Crippen LogP contribution in [0.15, 0.2) is 30.6 Å². The second kappa shape index (κ2) is 6.95. The van der Waals surface area contributed by atoms with Crippen LogP contribution in [-0.2, 0) is 11.3 Å². The maximum absolute atomic E-state index is 12.8. The molecule has 0 saturated carbocycles. The highest BCUT2D eigenvalue weighted by Crippen LogP contribution is 2.24. The SMILES string of the molecule is CNC(=O)Cn1cc(NC(=O)c2cc(C)nc3c(C)c(C)ccc23)cn1. The Morgan fingerprint density at radius 2 is 1.96 bits per heavy atom. The minimum absolute atomic E-state index is 0.0993. The number of rotatable bonds is 4. The number of aromatic nitrogens is 3. The number of amides is 2. The smallest absolute Gasteiger partial charge is 0.256 e. The average molecular weight is 351 g/mol. The Labute approximate surface area is 151 Å². The van der Waals surface area contributed by atoms with Crippen LogP contribution in [0.1, 0.15) is 27.2 Å². The van der Waals surface area contributed by atoms with Gasteiger partial charge in [0.1, 0.15) is 6.54 Å². The van der Waals surface area contributed by atoms with Gasteiger partial charge in [-0.05, 0) is 38.0 Å². The van der Waals surface area contributed by atoms with Crippen molar-refractivity contribution in [2.45, 2.75) is 27.3 Å². The van der Waals surface area contributed by atoms with Gasteiger partial charge in [0.25, 0.3) is 5.91 Å². The van der Waals surface area contributed by atoms with Crippen LogP contribution in [0.2, 0.25) is 0 Å². The van der Waals surface area contributed by atoms with Crippen molar-refractivity contribution in [3.8, 4) is 0 Å². The molecule has 1 aromatic carbocycles. The van der Waals surface area contributed by atoms with Crippen LogP contribution in [0.3, 0.4) is 0 Å². The predicted molar refractivity (Wildman–Crippen MR) is 100 cm³/mol. The van der Waals surface area contributed by atoms with Gasteiger partial charge in [-0.3, -0.25) is 19.3 Å². The van der Waals surface area contributed by atoms with E-state index >= 15 is 0 Å². The fraction of sp³-hybridized carbons (Fsp3) is 0.263. The molecule has 0 aliphatic rings. The van der Waals surface area contributed by atoms with Gasteiger partial charge >= 0.3 is 0 Å². The predicted octanol–water partition coefficient (Wildman–Crippen LogP) is 2.35. The molecule has 2 amide bonds. The van der Waals surface area contributed by atoms with Gasteiger partial charge in [-0.1, -0.05) is 12.1 Å². The summed E-state index contributed by atoms with van der Waals surface area (Å²) in [6.07, 6.45) is 3.14. The quantitative estimate of drug-likeness (QED) is 0.755. The monoisotopic (exact) mass is 351 g/mol. The first-order valence-electron chi connectivity index (χ1n) is 8.31. The summed E-state index contributed by atoms with van der Waals surface area (Å²) >= 11 is 0. The van der Waals surface area contributed by atoms with Gasteiger partial charge in [0, 0.05) is 24.3 Å². The molecular weight excluding hydrogens is 330 g/mol. The molecule has 0 atom stereocenters. The summed E-state index contributed by atoms with van der Waals surface area (Å²) in [6.45, 7) is 6.01. The third kappa shape index (κ3) is 3.42. The molecular formula is C19H21N5O2. The van der Waals surface area contributed by atoms with Gasteiger partial charge < -0.3 is 10.6 Å². The molecule has 3 aromatic rings. The molecule has 3 rings (SSSR count). The number of hydrogen-bond acceptors (Lipinski definition) is 4. The highest BCUT2D eigenvalue weighted by Gasteiger charge is 2.15. The van der Waals surface area contributed by atoms with E-state index in [1.165, 1.54) is 10.9 Å². The van der Waals surface area contributed by atoms with E-state index in [0.29, 0.717) is 11.3 Å². The van der Waals surface area contributed by atoms with Crippen molar-refractivity contribution in [3.05, 3.63) is 53.0 Å². The Morgan fingerprint density at radius 3 is 2.69 bits per heavy atom. The summed E-state index contributed by atoms with van der Waals surface area (Å²) in [6, 6.07) is 5.70. The molecule has 7 nitrogen and oxygen atoms in total. The van der Waals surface area contributed by atoms with Crippen LogP contribution in [0.25, 0.3) is 10.9 Å². The van der Waals surface area contributed by atoms with Crippen molar-refractivity contribution in [1.82, 2.24) is 20.1 Å². The summed E-state index contributed by atoms with van der Waals surface area (Å²) in [5, 5.41) is 10.3. The molecule has 2 aromatic heterocycles. The zero-order valence-electron chi connectivity index (χ0n) is 15.3. The normalized spacial score (nSPS) is 10.8. The van der Waals surface area contributed by atoms with Crippen molar-refractivity contribution < 1.29 is 9.59 Å². The topological polar surface area (TPSA) is 88.9 Å². The van der Waals surface area contributed by atoms with Gasteiger partial charge in [0.2, 0.25) is 5.91 Å². The number of carbonyl (C=O) groups is 2. The molecule has 0 spiro atoms. The van der Waals surface area contributed by atoms with Gasteiger partial charge in [0.05, 0.1) is 23.0 Å². The standard InChI is InChI=1S/C19H21N5O2/c1-11-5-6-15-16(7-12(2)22-18(15)13(11)3)19(26)23-14-8-21-24(9-14)10-17(25)20-4/h5-9H,10H2,1-4H3,(H,20,25)(H,23,26). The number of anilines is 1. The third-order valence-electron chi connectivity index (χ3n) is 4.35. The Morgan fingerprint density at radius 1 is 1.19 bits per heavy atom. The highest BCUT2D eigenvalue weighted by molar-refractivity contribution is 6.12. The van der Waals surface area contributed by atoms with Gasteiger partial charge in [-0.15, -0.1) is 0 Å². The summed E-state index contributed by atoms with van der Waals surface area (Å²) in [4.78, 5) is 28.8. The fourth-order valence-electron chi connectivity index (χ4n) is 2.78.